The van der Waals surface area contributed by atoms with E-state index in [0.29, 0.717) is 25.7 Å². The molecule has 0 saturated heterocycles. The SMILES string of the molecule is CCNC(=NCc1ccccc1CC)NCC(=O)NCCOC.I. The van der Waals surface area contributed by atoms with Crippen LogP contribution in [0.15, 0.2) is 29.3 Å². The number of nitrogens with zero attached hydrogens (tertiary/aromatic N) is 1. The van der Waals surface area contributed by atoms with Crippen molar-refractivity contribution in [2.75, 3.05) is 33.4 Å². The standard InChI is InChI=1S/C17H28N4O2.HI/c1-4-14-8-6-7-9-15(14)12-20-17(18-5-2)21-13-16(22)19-10-11-23-3;/h6-9H,4-5,10-13H2,1-3H3,(H,19,22)(H2,18,20,21);1H. The molecule has 0 spiro atoms. The van der Waals surface area contributed by atoms with E-state index in [-0.39, 0.29) is 36.4 Å². The third-order valence-electron chi connectivity index (χ3n) is 3.30. The van der Waals surface area contributed by atoms with Gasteiger partial charge in [0, 0.05) is 20.2 Å². The van der Waals surface area contributed by atoms with Crippen LogP contribution in [0.2, 0.25) is 0 Å². The lowest BCUT2D eigenvalue weighted by Crippen LogP contribution is -2.43. The smallest absolute Gasteiger partial charge is 0.239 e. The summed E-state index contributed by atoms with van der Waals surface area (Å²) in [6.45, 7) is 6.66. The zero-order valence-corrected chi connectivity index (χ0v) is 17.1. The highest BCUT2D eigenvalue weighted by Gasteiger charge is 2.04. The van der Waals surface area contributed by atoms with Gasteiger partial charge in [-0.2, -0.15) is 0 Å². The number of aliphatic imine (C=N–C) groups is 1. The van der Waals surface area contributed by atoms with Crippen LogP contribution in [0.3, 0.4) is 0 Å². The van der Waals surface area contributed by atoms with E-state index >= 15 is 0 Å². The molecule has 0 aliphatic rings. The van der Waals surface area contributed by atoms with E-state index in [1.807, 2.05) is 19.1 Å². The van der Waals surface area contributed by atoms with Crippen molar-refractivity contribution in [3.8, 4) is 0 Å². The number of amides is 1. The zero-order valence-electron chi connectivity index (χ0n) is 14.7. The maximum absolute atomic E-state index is 11.7. The Bertz CT molecular complexity index is 509. The lowest BCUT2D eigenvalue weighted by Gasteiger charge is -2.12. The van der Waals surface area contributed by atoms with Crippen LogP contribution in [-0.2, 0) is 22.5 Å². The average Bonchev–Trinajstić information content (AvgIpc) is 2.58. The molecule has 24 heavy (non-hydrogen) atoms. The second kappa shape index (κ2) is 14.0. The first-order valence-electron chi connectivity index (χ1n) is 8.05. The van der Waals surface area contributed by atoms with Crippen LogP contribution in [0.1, 0.15) is 25.0 Å². The molecule has 136 valence electrons. The fraction of sp³-hybridized carbons (Fsp3) is 0.529. The number of hydrogen-bond donors (Lipinski definition) is 3. The van der Waals surface area contributed by atoms with E-state index in [1.54, 1.807) is 7.11 Å². The van der Waals surface area contributed by atoms with Gasteiger partial charge in [-0.15, -0.1) is 24.0 Å². The predicted octanol–water partition coefficient (Wildman–Crippen LogP) is 1.68. The maximum atomic E-state index is 11.7. The first-order chi connectivity index (χ1) is 11.2. The summed E-state index contributed by atoms with van der Waals surface area (Å²) in [5, 5.41) is 8.95. The van der Waals surface area contributed by atoms with Gasteiger partial charge in [-0.1, -0.05) is 31.2 Å². The molecule has 0 atom stereocenters. The minimum atomic E-state index is -0.0818. The zero-order chi connectivity index (χ0) is 16.9. The molecule has 0 heterocycles. The molecule has 0 saturated carbocycles. The number of rotatable bonds is 9. The molecule has 0 fully saturated rings. The molecule has 1 amide bonds. The molecule has 0 radical (unpaired) electrons. The largest absolute Gasteiger partial charge is 0.383 e. The monoisotopic (exact) mass is 448 g/mol. The molecular formula is C17H29IN4O2. The van der Waals surface area contributed by atoms with Gasteiger partial charge in [0.25, 0.3) is 0 Å². The van der Waals surface area contributed by atoms with Crippen molar-refractivity contribution in [3.05, 3.63) is 35.4 Å². The summed E-state index contributed by atoms with van der Waals surface area (Å²) in [6.07, 6.45) is 0.984. The average molecular weight is 448 g/mol. The number of methoxy groups -OCH3 is 1. The van der Waals surface area contributed by atoms with Crippen molar-refractivity contribution in [1.29, 1.82) is 0 Å². The Kier molecular flexibility index (Phi) is 13.2. The van der Waals surface area contributed by atoms with Crippen LogP contribution >= 0.6 is 24.0 Å². The predicted molar refractivity (Wildman–Crippen MR) is 109 cm³/mol. The van der Waals surface area contributed by atoms with Gasteiger partial charge < -0.3 is 20.7 Å². The first-order valence-corrected chi connectivity index (χ1v) is 8.05. The topological polar surface area (TPSA) is 74.8 Å². The number of halogens is 1. The van der Waals surface area contributed by atoms with Crippen molar-refractivity contribution in [2.24, 2.45) is 4.99 Å². The Hall–Kier alpha value is -1.35. The van der Waals surface area contributed by atoms with E-state index in [0.717, 1.165) is 13.0 Å². The molecule has 3 N–H and O–H groups in total. The lowest BCUT2D eigenvalue weighted by molar-refractivity contribution is -0.120. The number of ether oxygens (including phenoxy) is 1. The highest BCUT2D eigenvalue weighted by atomic mass is 127. The highest BCUT2D eigenvalue weighted by Crippen LogP contribution is 2.10. The van der Waals surface area contributed by atoms with Gasteiger partial charge in [0.05, 0.1) is 19.7 Å². The van der Waals surface area contributed by atoms with Crippen LogP contribution in [0.4, 0.5) is 0 Å². The molecule has 6 nitrogen and oxygen atoms in total. The summed E-state index contributed by atoms with van der Waals surface area (Å²) < 4.78 is 4.89. The van der Waals surface area contributed by atoms with Gasteiger partial charge in [-0.25, -0.2) is 4.99 Å². The summed E-state index contributed by atoms with van der Waals surface area (Å²) in [5.41, 5.74) is 2.50. The number of guanidine groups is 1. The van der Waals surface area contributed by atoms with Gasteiger partial charge >= 0.3 is 0 Å². The number of hydrogen-bond acceptors (Lipinski definition) is 3. The summed E-state index contributed by atoms with van der Waals surface area (Å²) in [7, 11) is 1.61. The Morgan fingerprint density at radius 1 is 1.12 bits per heavy atom. The van der Waals surface area contributed by atoms with Gasteiger partial charge in [0.1, 0.15) is 0 Å². The molecule has 0 unspecified atom stereocenters. The number of aryl methyl sites for hydroxylation is 1. The summed E-state index contributed by atoms with van der Waals surface area (Å²) in [5.74, 6) is 0.557. The Morgan fingerprint density at radius 3 is 2.46 bits per heavy atom. The molecule has 0 aliphatic carbocycles. The third kappa shape index (κ3) is 9.07. The van der Waals surface area contributed by atoms with Gasteiger partial charge in [-0.3, -0.25) is 4.79 Å². The van der Waals surface area contributed by atoms with Crippen molar-refractivity contribution in [3.63, 3.8) is 0 Å². The Labute approximate surface area is 161 Å². The Balaban J connectivity index is 0.00000529. The number of nitrogens with one attached hydrogen (secondary N) is 3. The van der Waals surface area contributed by atoms with Crippen molar-refractivity contribution < 1.29 is 9.53 Å². The quantitative estimate of drug-likeness (QED) is 0.233. The Morgan fingerprint density at radius 2 is 1.83 bits per heavy atom. The number of benzene rings is 1. The fourth-order valence-electron chi connectivity index (χ4n) is 2.08. The van der Waals surface area contributed by atoms with Crippen LogP contribution in [0.5, 0.6) is 0 Å². The van der Waals surface area contributed by atoms with E-state index < -0.39 is 0 Å². The van der Waals surface area contributed by atoms with Crippen molar-refractivity contribution >= 4 is 35.8 Å². The number of carbonyl (C=O) groups is 1. The lowest BCUT2D eigenvalue weighted by atomic mass is 10.1. The van der Waals surface area contributed by atoms with E-state index in [2.05, 4.69) is 40.0 Å². The molecule has 0 bridgehead atoms. The summed E-state index contributed by atoms with van der Waals surface area (Å²) in [4.78, 5) is 16.2. The molecule has 1 rings (SSSR count). The van der Waals surface area contributed by atoms with Gasteiger partial charge in [0.2, 0.25) is 5.91 Å². The highest BCUT2D eigenvalue weighted by molar-refractivity contribution is 14.0. The molecule has 0 aliphatic heterocycles. The van der Waals surface area contributed by atoms with Gasteiger partial charge in [0.15, 0.2) is 5.96 Å². The van der Waals surface area contributed by atoms with Crippen LogP contribution in [0, 0.1) is 0 Å². The third-order valence-corrected chi connectivity index (χ3v) is 3.30. The molecule has 1 aromatic carbocycles. The number of carbonyl (C=O) groups excluding carboxylic acids is 1. The molecule has 1 aromatic rings. The van der Waals surface area contributed by atoms with Crippen molar-refractivity contribution in [2.45, 2.75) is 26.8 Å². The van der Waals surface area contributed by atoms with Crippen LogP contribution < -0.4 is 16.0 Å². The first kappa shape index (κ1) is 22.6. The summed E-state index contributed by atoms with van der Waals surface area (Å²) >= 11 is 0. The van der Waals surface area contributed by atoms with E-state index in [4.69, 9.17) is 4.74 Å². The maximum Gasteiger partial charge on any atom is 0.239 e. The summed E-state index contributed by atoms with van der Waals surface area (Å²) in [6, 6.07) is 8.27. The van der Waals surface area contributed by atoms with Gasteiger partial charge in [-0.05, 0) is 24.5 Å². The van der Waals surface area contributed by atoms with E-state index in [1.165, 1.54) is 11.1 Å². The van der Waals surface area contributed by atoms with E-state index in [9.17, 15) is 4.79 Å². The second-order valence-electron chi connectivity index (χ2n) is 5.01. The molecule has 7 heteroatoms. The fourth-order valence-corrected chi connectivity index (χ4v) is 2.08. The van der Waals surface area contributed by atoms with Crippen molar-refractivity contribution in [1.82, 2.24) is 16.0 Å². The normalized spacial score (nSPS) is 10.7. The molecular weight excluding hydrogens is 419 g/mol. The second-order valence-corrected chi connectivity index (χ2v) is 5.01. The van der Waals surface area contributed by atoms with Crippen LogP contribution in [-0.4, -0.2) is 45.2 Å². The molecule has 0 aromatic heterocycles. The minimum Gasteiger partial charge on any atom is -0.383 e. The minimum absolute atomic E-state index is 0. The van der Waals surface area contributed by atoms with Crippen LogP contribution in [0.25, 0.3) is 0 Å².